The molecule has 2 aromatic rings. The lowest BCUT2D eigenvalue weighted by Crippen LogP contribution is -2.18. The average Bonchev–Trinajstić information content (AvgIpc) is 2.92. The summed E-state index contributed by atoms with van der Waals surface area (Å²) in [6, 6.07) is 0.368. The minimum absolute atomic E-state index is 0.368. The van der Waals surface area contributed by atoms with Crippen LogP contribution in [0.3, 0.4) is 0 Å². The van der Waals surface area contributed by atoms with Gasteiger partial charge in [-0.1, -0.05) is 32.6 Å². The molecule has 6 heteroatoms. The Kier molecular flexibility index (Phi) is 5.17. The number of fused-ring (bicyclic) bond motifs is 1. The van der Waals surface area contributed by atoms with Gasteiger partial charge in [0.1, 0.15) is 0 Å². The highest BCUT2D eigenvalue weighted by atomic mass is 15.3. The van der Waals surface area contributed by atoms with Gasteiger partial charge in [-0.05, 0) is 13.3 Å². The fraction of sp³-hybridized carbons (Fsp3) is 0.571. The highest BCUT2D eigenvalue weighted by Gasteiger charge is 2.10. The molecule has 0 aliphatic rings. The minimum atomic E-state index is 0.368. The first-order chi connectivity index (χ1) is 9.74. The highest BCUT2D eigenvalue weighted by Crippen LogP contribution is 2.18. The van der Waals surface area contributed by atoms with Gasteiger partial charge in [-0.3, -0.25) is 0 Å². The van der Waals surface area contributed by atoms with Crippen molar-refractivity contribution >= 4 is 17.3 Å². The second-order valence-electron chi connectivity index (χ2n) is 5.17. The van der Waals surface area contributed by atoms with Crippen molar-refractivity contribution in [3.63, 3.8) is 0 Å². The number of nitrogens with zero attached hydrogens (tertiary/aromatic N) is 3. The minimum Gasteiger partial charge on any atom is -0.364 e. The number of unbranched alkanes of at least 4 members (excludes halogenated alkanes) is 3. The van der Waals surface area contributed by atoms with E-state index in [-0.39, 0.29) is 0 Å². The summed E-state index contributed by atoms with van der Waals surface area (Å²) in [6.45, 7) is 4.40. The smallest absolute Gasteiger partial charge is 0.180 e. The molecule has 1 atom stereocenters. The van der Waals surface area contributed by atoms with Crippen LogP contribution in [0.1, 0.15) is 46.0 Å². The number of nitrogens with one attached hydrogen (secondary N) is 2. The summed E-state index contributed by atoms with van der Waals surface area (Å²) in [5.41, 5.74) is 3.41. The Hall–Kier alpha value is -1.82. The molecular weight excluding hydrogens is 252 g/mol. The van der Waals surface area contributed by atoms with Gasteiger partial charge in [0.25, 0.3) is 0 Å². The van der Waals surface area contributed by atoms with Gasteiger partial charge in [0.05, 0.1) is 6.20 Å². The maximum absolute atomic E-state index is 5.45. The van der Waals surface area contributed by atoms with Crippen LogP contribution < -0.4 is 16.6 Å². The van der Waals surface area contributed by atoms with Gasteiger partial charge >= 0.3 is 0 Å². The summed E-state index contributed by atoms with van der Waals surface area (Å²) in [5, 5.41) is 3.43. The van der Waals surface area contributed by atoms with Gasteiger partial charge in [-0.2, -0.15) is 0 Å². The van der Waals surface area contributed by atoms with Crippen molar-refractivity contribution in [3.05, 3.63) is 18.6 Å². The lowest BCUT2D eigenvalue weighted by Gasteiger charge is -2.15. The number of hydrogen-bond donors (Lipinski definition) is 3. The molecule has 20 heavy (non-hydrogen) atoms. The van der Waals surface area contributed by atoms with Crippen LogP contribution in [-0.2, 0) is 0 Å². The van der Waals surface area contributed by atoms with Crippen LogP contribution in [0, 0.1) is 0 Å². The summed E-state index contributed by atoms with van der Waals surface area (Å²) in [5.74, 6) is 6.84. The zero-order valence-corrected chi connectivity index (χ0v) is 12.3. The molecule has 2 heterocycles. The third-order valence-corrected chi connectivity index (χ3v) is 3.40. The zero-order chi connectivity index (χ0) is 14.4. The van der Waals surface area contributed by atoms with Gasteiger partial charge in [-0.25, -0.2) is 15.8 Å². The van der Waals surface area contributed by atoms with Crippen LogP contribution in [0.2, 0.25) is 0 Å². The molecule has 6 nitrogen and oxygen atoms in total. The Morgan fingerprint density at radius 3 is 2.95 bits per heavy atom. The van der Waals surface area contributed by atoms with E-state index in [0.717, 1.165) is 17.9 Å². The van der Waals surface area contributed by atoms with E-state index < -0.39 is 0 Å². The molecule has 0 amide bonds. The molecule has 4 N–H and O–H groups in total. The second kappa shape index (κ2) is 7.09. The lowest BCUT2D eigenvalue weighted by atomic mass is 10.1. The lowest BCUT2D eigenvalue weighted by molar-refractivity contribution is 0.593. The Morgan fingerprint density at radius 2 is 2.20 bits per heavy atom. The maximum atomic E-state index is 5.45. The van der Waals surface area contributed by atoms with Crippen molar-refractivity contribution in [1.29, 1.82) is 0 Å². The van der Waals surface area contributed by atoms with Gasteiger partial charge in [0, 0.05) is 18.4 Å². The van der Waals surface area contributed by atoms with E-state index in [1.54, 1.807) is 6.20 Å². The van der Waals surface area contributed by atoms with Gasteiger partial charge in [0.15, 0.2) is 17.3 Å². The molecule has 0 bridgehead atoms. The van der Waals surface area contributed by atoms with Crippen molar-refractivity contribution in [2.24, 2.45) is 5.84 Å². The Labute approximate surface area is 119 Å². The van der Waals surface area contributed by atoms with Crippen molar-refractivity contribution < 1.29 is 0 Å². The van der Waals surface area contributed by atoms with Crippen LogP contribution in [0.25, 0.3) is 5.65 Å². The molecule has 1 unspecified atom stereocenters. The maximum Gasteiger partial charge on any atom is 0.180 e. The second-order valence-corrected chi connectivity index (χ2v) is 5.17. The van der Waals surface area contributed by atoms with E-state index in [1.165, 1.54) is 25.7 Å². The van der Waals surface area contributed by atoms with Crippen molar-refractivity contribution in [2.75, 3.05) is 10.7 Å². The molecule has 0 saturated carbocycles. The normalized spacial score (nSPS) is 12.6. The topological polar surface area (TPSA) is 80.3 Å². The first-order valence-electron chi connectivity index (χ1n) is 7.31. The number of hydrazine groups is 1. The average molecular weight is 276 g/mol. The quantitative estimate of drug-likeness (QED) is 0.392. The predicted octanol–water partition coefficient (Wildman–Crippen LogP) is 2.79. The molecule has 0 aromatic carbocycles. The molecule has 0 aliphatic carbocycles. The monoisotopic (exact) mass is 276 g/mol. The molecule has 0 spiro atoms. The molecule has 0 radical (unpaired) electrons. The van der Waals surface area contributed by atoms with Gasteiger partial charge in [-0.15, -0.1) is 0 Å². The highest BCUT2D eigenvalue weighted by molar-refractivity contribution is 5.65. The first kappa shape index (κ1) is 14.6. The van der Waals surface area contributed by atoms with Gasteiger partial charge in [0.2, 0.25) is 0 Å². The third-order valence-electron chi connectivity index (χ3n) is 3.40. The molecular formula is C14H24N6. The van der Waals surface area contributed by atoms with E-state index >= 15 is 0 Å². The number of aromatic nitrogens is 3. The number of rotatable bonds is 8. The SMILES string of the molecule is CCCCCCC(C)Nc1nc(NN)cn2ccnc12. The van der Waals surface area contributed by atoms with Crippen LogP contribution >= 0.6 is 0 Å². The van der Waals surface area contributed by atoms with E-state index in [4.69, 9.17) is 5.84 Å². The molecule has 0 fully saturated rings. The van der Waals surface area contributed by atoms with Crippen LogP contribution in [0.4, 0.5) is 11.6 Å². The predicted molar refractivity (Wildman–Crippen MR) is 82.6 cm³/mol. The number of anilines is 2. The largest absolute Gasteiger partial charge is 0.364 e. The number of nitrogen functional groups attached to an aromatic ring is 1. The van der Waals surface area contributed by atoms with Crippen molar-refractivity contribution in [2.45, 2.75) is 52.0 Å². The van der Waals surface area contributed by atoms with Gasteiger partial charge < -0.3 is 15.1 Å². The van der Waals surface area contributed by atoms with Crippen LogP contribution in [-0.4, -0.2) is 20.4 Å². The summed E-state index contributed by atoms with van der Waals surface area (Å²) < 4.78 is 1.91. The van der Waals surface area contributed by atoms with E-state index in [1.807, 2.05) is 16.8 Å². The summed E-state index contributed by atoms with van der Waals surface area (Å²) in [7, 11) is 0. The third kappa shape index (κ3) is 3.60. The van der Waals surface area contributed by atoms with Crippen molar-refractivity contribution in [1.82, 2.24) is 14.4 Å². The first-order valence-corrected chi connectivity index (χ1v) is 7.31. The fourth-order valence-electron chi connectivity index (χ4n) is 2.28. The number of nitrogens with two attached hydrogens (primary N) is 1. The zero-order valence-electron chi connectivity index (χ0n) is 12.3. The van der Waals surface area contributed by atoms with Crippen molar-refractivity contribution in [3.8, 4) is 0 Å². The standard InChI is InChI=1S/C14H24N6/c1-3-4-5-6-7-11(2)17-13-14-16-8-9-20(14)10-12(18-13)19-15/h8-11,19H,3-7,15H2,1-2H3,(H,17,18). The fourth-order valence-corrected chi connectivity index (χ4v) is 2.28. The van der Waals surface area contributed by atoms with E-state index in [2.05, 4.69) is 34.6 Å². The molecule has 0 saturated heterocycles. The molecule has 0 aliphatic heterocycles. The summed E-state index contributed by atoms with van der Waals surface area (Å²) in [6.07, 6.45) is 11.7. The number of hydrogen-bond acceptors (Lipinski definition) is 5. The summed E-state index contributed by atoms with van der Waals surface area (Å²) in [4.78, 5) is 8.77. The van der Waals surface area contributed by atoms with Crippen LogP contribution in [0.15, 0.2) is 18.6 Å². The van der Waals surface area contributed by atoms with E-state index in [0.29, 0.717) is 11.9 Å². The number of imidazole rings is 1. The van der Waals surface area contributed by atoms with Crippen LogP contribution in [0.5, 0.6) is 0 Å². The Balaban J connectivity index is 2.02. The Morgan fingerprint density at radius 1 is 1.35 bits per heavy atom. The molecule has 2 aromatic heterocycles. The van der Waals surface area contributed by atoms with E-state index in [9.17, 15) is 0 Å². The molecule has 110 valence electrons. The Bertz CT molecular complexity index is 535. The molecule has 2 rings (SSSR count). The summed E-state index contributed by atoms with van der Waals surface area (Å²) >= 11 is 0.